The maximum Gasteiger partial charge on any atom is 0.227 e. The number of hydrogen-bond acceptors (Lipinski definition) is 7. The van der Waals surface area contributed by atoms with E-state index in [1.54, 1.807) is 7.05 Å². The summed E-state index contributed by atoms with van der Waals surface area (Å²) in [5, 5.41) is 14.6. The van der Waals surface area contributed by atoms with Gasteiger partial charge < -0.3 is 10.0 Å². The lowest BCUT2D eigenvalue weighted by Gasteiger charge is -2.40. The number of fused-ring (bicyclic) bond motifs is 1. The predicted octanol–water partition coefficient (Wildman–Crippen LogP) is 2.69. The average Bonchev–Trinajstić information content (AvgIpc) is 3.23. The molecule has 2 aromatic carbocycles. The van der Waals surface area contributed by atoms with E-state index in [0.717, 1.165) is 11.6 Å². The Labute approximate surface area is 218 Å². The molecular weight excluding hydrogens is 514 g/mol. The van der Waals surface area contributed by atoms with Gasteiger partial charge in [-0.1, -0.05) is 36.3 Å². The van der Waals surface area contributed by atoms with Gasteiger partial charge in [0.25, 0.3) is 0 Å². The fourth-order valence-corrected chi connectivity index (χ4v) is 5.57. The first-order valence-electron chi connectivity index (χ1n) is 11.7. The van der Waals surface area contributed by atoms with E-state index < -0.39 is 27.4 Å². The molecule has 1 N–H and O–H groups in total. The van der Waals surface area contributed by atoms with Gasteiger partial charge in [-0.25, -0.2) is 26.9 Å². The molecule has 38 heavy (non-hydrogen) atoms. The monoisotopic (exact) mass is 538 g/mol. The molecule has 3 heterocycles. The zero-order chi connectivity index (χ0) is 27.2. The number of terminal acetylenes is 1. The minimum atomic E-state index is -3.39. The third-order valence-electron chi connectivity index (χ3n) is 6.64. The van der Waals surface area contributed by atoms with E-state index in [0.29, 0.717) is 29.9 Å². The van der Waals surface area contributed by atoms with Crippen LogP contribution in [0.25, 0.3) is 22.3 Å². The van der Waals surface area contributed by atoms with Crippen molar-refractivity contribution in [3.05, 3.63) is 65.4 Å². The van der Waals surface area contributed by atoms with Crippen LogP contribution in [0.2, 0.25) is 0 Å². The lowest BCUT2D eigenvalue weighted by molar-refractivity contribution is 0.330. The highest BCUT2D eigenvalue weighted by molar-refractivity contribution is 7.88. The Hall–Kier alpha value is -4.08. The molecule has 12 heteroatoms. The van der Waals surface area contributed by atoms with Crippen LogP contribution in [0.1, 0.15) is 11.1 Å². The predicted molar refractivity (Wildman–Crippen MR) is 139 cm³/mol. The first kappa shape index (κ1) is 25.6. The number of nitrogens with zero attached hydrogens (tertiary/aromatic N) is 6. The third-order valence-corrected chi connectivity index (χ3v) is 7.91. The second-order valence-electron chi connectivity index (χ2n) is 9.13. The van der Waals surface area contributed by atoms with Crippen molar-refractivity contribution in [1.82, 2.24) is 24.1 Å². The van der Waals surface area contributed by atoms with Crippen LogP contribution < -0.4 is 4.90 Å². The summed E-state index contributed by atoms with van der Waals surface area (Å²) >= 11 is 0. The minimum absolute atomic E-state index is 0.0982. The summed E-state index contributed by atoms with van der Waals surface area (Å²) in [5.41, 5.74) is 1.03. The second kappa shape index (κ2) is 9.66. The number of phenolic OH excluding ortho intramolecular Hbond substituents is 1. The number of piperazine rings is 1. The maximum atomic E-state index is 14.9. The highest BCUT2D eigenvalue weighted by atomic mass is 32.2. The molecule has 0 aliphatic carbocycles. The van der Waals surface area contributed by atoms with E-state index in [-0.39, 0.29) is 36.0 Å². The molecule has 1 aliphatic heterocycles. The third kappa shape index (κ3) is 4.55. The standard InChI is InChI=1S/C26H24F2N6O3S/c1-4-17-13-19(22(28)24(35)21(17)27)23-20-14-29-26(30-25(20)32(2)31-23)34-11-10-33(38(3,36)37)15-18(34)12-16-8-6-5-7-9-16/h1,5-9,13-14,18,35H,10-12,15H2,2-3H3/t18-/m1/s1. The zero-order valence-electron chi connectivity index (χ0n) is 20.6. The second-order valence-corrected chi connectivity index (χ2v) is 11.1. The van der Waals surface area contributed by atoms with Gasteiger partial charge in [0.2, 0.25) is 16.0 Å². The number of rotatable bonds is 5. The summed E-state index contributed by atoms with van der Waals surface area (Å²) in [4.78, 5) is 11.2. The summed E-state index contributed by atoms with van der Waals surface area (Å²) in [5.74, 6) is -1.12. The molecule has 1 atom stereocenters. The van der Waals surface area contributed by atoms with Crippen molar-refractivity contribution in [2.45, 2.75) is 12.5 Å². The molecule has 0 spiro atoms. The fraction of sp³-hybridized carbons (Fsp3) is 0.269. The smallest absolute Gasteiger partial charge is 0.227 e. The van der Waals surface area contributed by atoms with E-state index in [9.17, 15) is 22.3 Å². The largest absolute Gasteiger partial charge is 0.503 e. The Morgan fingerprint density at radius 2 is 1.92 bits per heavy atom. The van der Waals surface area contributed by atoms with Crippen LogP contribution >= 0.6 is 0 Å². The summed E-state index contributed by atoms with van der Waals surface area (Å²) in [6.45, 7) is 0.907. The number of benzene rings is 2. The van der Waals surface area contributed by atoms with Gasteiger partial charge in [-0.2, -0.15) is 14.4 Å². The van der Waals surface area contributed by atoms with E-state index in [1.807, 2.05) is 35.2 Å². The van der Waals surface area contributed by atoms with E-state index in [1.165, 1.54) is 21.4 Å². The molecule has 0 bridgehead atoms. The number of aromatic hydroxyl groups is 1. The number of phenols is 1. The van der Waals surface area contributed by atoms with Crippen LogP contribution in [-0.2, 0) is 23.5 Å². The van der Waals surface area contributed by atoms with Gasteiger partial charge in [0, 0.05) is 44.5 Å². The molecule has 5 rings (SSSR count). The van der Waals surface area contributed by atoms with Gasteiger partial charge in [0.15, 0.2) is 23.0 Å². The van der Waals surface area contributed by atoms with Crippen LogP contribution in [0.4, 0.5) is 14.7 Å². The summed E-state index contributed by atoms with van der Waals surface area (Å²) in [7, 11) is -1.77. The Balaban J connectivity index is 1.56. The number of hydrogen-bond donors (Lipinski definition) is 1. The molecule has 1 saturated heterocycles. The lowest BCUT2D eigenvalue weighted by atomic mass is 10.0. The Morgan fingerprint density at radius 3 is 2.61 bits per heavy atom. The first-order valence-corrected chi connectivity index (χ1v) is 13.6. The fourth-order valence-electron chi connectivity index (χ4n) is 4.72. The van der Waals surface area contributed by atoms with Gasteiger partial charge in [-0.3, -0.25) is 0 Å². The van der Waals surface area contributed by atoms with Crippen molar-refractivity contribution in [2.75, 3.05) is 30.8 Å². The molecule has 0 amide bonds. The zero-order valence-corrected chi connectivity index (χ0v) is 21.5. The topological polar surface area (TPSA) is 104 Å². The molecule has 1 fully saturated rings. The summed E-state index contributed by atoms with van der Waals surface area (Å²) in [6.07, 6.45) is 8.57. The number of aromatic nitrogens is 4. The van der Waals surface area contributed by atoms with E-state index in [4.69, 9.17) is 6.42 Å². The van der Waals surface area contributed by atoms with Gasteiger partial charge in [-0.05, 0) is 18.1 Å². The summed E-state index contributed by atoms with van der Waals surface area (Å²) < 4.78 is 56.4. The number of sulfonamides is 1. The number of aryl methyl sites for hydroxylation is 1. The van der Waals surface area contributed by atoms with Crippen molar-refractivity contribution in [1.29, 1.82) is 0 Å². The van der Waals surface area contributed by atoms with Gasteiger partial charge >= 0.3 is 0 Å². The normalized spacial score (nSPS) is 16.6. The average molecular weight is 539 g/mol. The lowest BCUT2D eigenvalue weighted by Crippen LogP contribution is -2.56. The molecule has 2 aromatic heterocycles. The molecule has 0 saturated carbocycles. The molecular formula is C26H24F2N6O3S. The van der Waals surface area contributed by atoms with Crippen LogP contribution in [-0.4, -0.2) is 69.5 Å². The Bertz CT molecular complexity index is 1690. The van der Waals surface area contributed by atoms with Crippen LogP contribution in [0.5, 0.6) is 5.75 Å². The van der Waals surface area contributed by atoms with Gasteiger partial charge in [0.1, 0.15) is 5.69 Å². The molecule has 0 radical (unpaired) electrons. The highest BCUT2D eigenvalue weighted by Crippen LogP contribution is 2.36. The summed E-state index contributed by atoms with van der Waals surface area (Å²) in [6, 6.07) is 10.6. The van der Waals surface area contributed by atoms with Gasteiger partial charge in [0.05, 0.1) is 17.2 Å². The maximum absolute atomic E-state index is 14.9. The van der Waals surface area contributed by atoms with Crippen molar-refractivity contribution in [2.24, 2.45) is 7.05 Å². The van der Waals surface area contributed by atoms with Gasteiger partial charge in [-0.15, -0.1) is 6.42 Å². The Morgan fingerprint density at radius 1 is 1.18 bits per heavy atom. The Kier molecular flexibility index (Phi) is 6.50. The number of halogens is 2. The molecule has 196 valence electrons. The molecule has 9 nitrogen and oxygen atoms in total. The van der Waals surface area contributed by atoms with Crippen LogP contribution in [0, 0.1) is 24.0 Å². The molecule has 0 unspecified atom stereocenters. The quantitative estimate of drug-likeness (QED) is 0.390. The van der Waals surface area contributed by atoms with Crippen LogP contribution in [0.3, 0.4) is 0 Å². The van der Waals surface area contributed by atoms with E-state index >= 15 is 0 Å². The van der Waals surface area contributed by atoms with Crippen molar-refractivity contribution in [3.63, 3.8) is 0 Å². The highest BCUT2D eigenvalue weighted by Gasteiger charge is 2.33. The molecule has 1 aliphatic rings. The van der Waals surface area contributed by atoms with E-state index in [2.05, 4.69) is 21.0 Å². The van der Waals surface area contributed by atoms with Crippen molar-refractivity contribution in [3.8, 4) is 29.4 Å². The van der Waals surface area contributed by atoms with Crippen LogP contribution in [0.15, 0.2) is 42.6 Å². The van der Waals surface area contributed by atoms with Crippen molar-refractivity contribution >= 4 is 27.0 Å². The first-order chi connectivity index (χ1) is 18.1. The molecule has 4 aromatic rings. The number of anilines is 1. The minimum Gasteiger partial charge on any atom is -0.503 e. The van der Waals surface area contributed by atoms with Crippen molar-refractivity contribution < 1.29 is 22.3 Å². The SMILES string of the molecule is C#Cc1cc(-c2nn(C)c3nc(N4CCN(S(C)(=O)=O)C[C@H]4Cc4ccccc4)ncc23)c(F)c(O)c1F.